The van der Waals surface area contributed by atoms with Crippen molar-refractivity contribution in [3.8, 4) is 0 Å². The maximum atomic E-state index is 10.7. The summed E-state index contributed by atoms with van der Waals surface area (Å²) in [7, 11) is -1.20. The van der Waals surface area contributed by atoms with Gasteiger partial charge in [0.15, 0.2) is 5.52 Å². The van der Waals surface area contributed by atoms with Crippen LogP contribution in [0.5, 0.6) is 0 Å². The molecule has 46 valence electrons. The first-order valence-corrected chi connectivity index (χ1v) is 4.20. The molecule has 0 aromatic rings. The molecule has 0 amide bonds. The molecule has 0 aromatic carbocycles. The van der Waals surface area contributed by atoms with Gasteiger partial charge >= 0.3 is 0 Å². The van der Waals surface area contributed by atoms with E-state index in [-0.39, 0.29) is 11.4 Å². The van der Waals surface area contributed by atoms with E-state index >= 15 is 0 Å². The highest BCUT2D eigenvalue weighted by atomic mass is 31.1. The van der Waals surface area contributed by atoms with Crippen LogP contribution in [0.4, 0.5) is 0 Å². The number of hydrogen-bond acceptors (Lipinski definition) is 2. The van der Waals surface area contributed by atoms with Crippen LogP contribution < -0.4 is 0 Å². The van der Waals surface area contributed by atoms with E-state index in [9.17, 15) is 4.79 Å². The van der Waals surface area contributed by atoms with Gasteiger partial charge in [-0.25, -0.2) is 0 Å². The van der Waals surface area contributed by atoms with Crippen LogP contribution in [0.25, 0.3) is 0 Å². The molecule has 0 aliphatic carbocycles. The van der Waals surface area contributed by atoms with E-state index in [1.165, 1.54) is 0 Å². The van der Waals surface area contributed by atoms with Gasteiger partial charge in [-0.1, -0.05) is 6.92 Å². The summed E-state index contributed by atoms with van der Waals surface area (Å²) >= 11 is 0. The van der Waals surface area contributed by atoms with Crippen LogP contribution in [0.3, 0.4) is 0 Å². The standard InChI is InChI=1S/C5H9O2P/c1-4-2-3-8(7)5(4)6/h4,7H,2-3H2,1H3. The van der Waals surface area contributed by atoms with Crippen molar-refractivity contribution in [1.82, 2.24) is 0 Å². The van der Waals surface area contributed by atoms with E-state index < -0.39 is 8.15 Å². The minimum Gasteiger partial charge on any atom is -0.366 e. The highest BCUT2D eigenvalue weighted by molar-refractivity contribution is 7.70. The van der Waals surface area contributed by atoms with Crippen LogP contribution in [-0.2, 0) is 4.79 Å². The topological polar surface area (TPSA) is 37.3 Å². The molecule has 0 bridgehead atoms. The van der Waals surface area contributed by atoms with Crippen LogP contribution in [0.2, 0.25) is 0 Å². The van der Waals surface area contributed by atoms with Gasteiger partial charge < -0.3 is 4.89 Å². The van der Waals surface area contributed by atoms with Crippen LogP contribution in [0.15, 0.2) is 0 Å². The summed E-state index contributed by atoms with van der Waals surface area (Å²) in [6, 6.07) is 0. The molecule has 0 radical (unpaired) electrons. The minimum absolute atomic E-state index is 0.0833. The minimum atomic E-state index is -1.20. The van der Waals surface area contributed by atoms with Crippen molar-refractivity contribution >= 4 is 13.7 Å². The maximum Gasteiger partial charge on any atom is 0.184 e. The third kappa shape index (κ3) is 0.910. The molecule has 1 N–H and O–H groups in total. The number of hydrogen-bond donors (Lipinski definition) is 1. The van der Waals surface area contributed by atoms with Crippen LogP contribution in [0.1, 0.15) is 13.3 Å². The second kappa shape index (κ2) is 2.12. The van der Waals surface area contributed by atoms with E-state index in [4.69, 9.17) is 4.89 Å². The molecule has 8 heavy (non-hydrogen) atoms. The zero-order valence-electron chi connectivity index (χ0n) is 4.79. The van der Waals surface area contributed by atoms with Gasteiger partial charge in [0.05, 0.1) is 8.15 Å². The molecule has 0 spiro atoms. The number of carbonyl (C=O) groups excluding carboxylic acids is 1. The quantitative estimate of drug-likeness (QED) is 0.498. The molecular weight excluding hydrogens is 123 g/mol. The molecule has 0 aromatic heterocycles. The normalized spacial score (nSPS) is 38.5. The average molecular weight is 132 g/mol. The van der Waals surface area contributed by atoms with E-state index in [1.807, 2.05) is 6.92 Å². The average Bonchev–Trinajstić information content (AvgIpc) is 1.98. The molecule has 1 heterocycles. The van der Waals surface area contributed by atoms with Gasteiger partial charge in [-0.05, 0) is 12.6 Å². The van der Waals surface area contributed by atoms with E-state index in [0.29, 0.717) is 0 Å². The van der Waals surface area contributed by atoms with Crippen molar-refractivity contribution in [3.63, 3.8) is 0 Å². The first-order chi connectivity index (χ1) is 3.72. The lowest BCUT2D eigenvalue weighted by atomic mass is 10.2. The fraction of sp³-hybridized carbons (Fsp3) is 0.800. The number of carbonyl (C=O) groups is 1. The van der Waals surface area contributed by atoms with Crippen molar-refractivity contribution in [2.24, 2.45) is 5.92 Å². The highest BCUT2D eigenvalue weighted by Crippen LogP contribution is 2.43. The van der Waals surface area contributed by atoms with E-state index in [1.54, 1.807) is 0 Å². The van der Waals surface area contributed by atoms with Crippen molar-refractivity contribution in [1.29, 1.82) is 0 Å². The summed E-state index contributed by atoms with van der Waals surface area (Å²) in [6.45, 7) is 1.88. The second-order valence-corrected chi connectivity index (χ2v) is 3.84. The molecule has 1 aliphatic heterocycles. The summed E-state index contributed by atoms with van der Waals surface area (Å²) < 4.78 is 0. The first-order valence-electron chi connectivity index (χ1n) is 2.72. The Morgan fingerprint density at radius 3 is 2.62 bits per heavy atom. The third-order valence-corrected chi connectivity index (χ3v) is 3.08. The van der Waals surface area contributed by atoms with Crippen LogP contribution in [-0.4, -0.2) is 16.6 Å². The lowest BCUT2D eigenvalue weighted by Crippen LogP contribution is -1.97. The Balaban J connectivity index is 2.57. The SMILES string of the molecule is CC1CCP(O)C1=O. The van der Waals surface area contributed by atoms with Crippen LogP contribution >= 0.6 is 8.15 Å². The monoisotopic (exact) mass is 132 g/mol. The maximum absolute atomic E-state index is 10.7. The lowest BCUT2D eigenvalue weighted by Gasteiger charge is -1.95. The zero-order valence-corrected chi connectivity index (χ0v) is 5.69. The van der Waals surface area contributed by atoms with Gasteiger partial charge in [-0.15, -0.1) is 0 Å². The largest absolute Gasteiger partial charge is 0.366 e. The molecule has 1 fully saturated rings. The molecule has 0 saturated carbocycles. The van der Waals surface area contributed by atoms with E-state index in [2.05, 4.69) is 0 Å². The molecule has 1 rings (SSSR count). The third-order valence-electron chi connectivity index (χ3n) is 1.45. The predicted molar refractivity (Wildman–Crippen MR) is 32.8 cm³/mol. The van der Waals surface area contributed by atoms with Gasteiger partial charge in [0.25, 0.3) is 0 Å². The second-order valence-electron chi connectivity index (χ2n) is 2.15. The summed E-state index contributed by atoms with van der Waals surface area (Å²) in [5.41, 5.74) is 0.0833. The zero-order chi connectivity index (χ0) is 6.15. The highest BCUT2D eigenvalue weighted by Gasteiger charge is 2.28. The van der Waals surface area contributed by atoms with Gasteiger partial charge in [-0.2, -0.15) is 0 Å². The van der Waals surface area contributed by atoms with Gasteiger partial charge in [0.2, 0.25) is 0 Å². The Morgan fingerprint density at radius 1 is 1.88 bits per heavy atom. The Labute approximate surface area is 49.7 Å². The molecule has 1 saturated heterocycles. The molecule has 2 atom stereocenters. The van der Waals surface area contributed by atoms with Crippen LogP contribution in [0, 0.1) is 5.92 Å². The molecule has 2 nitrogen and oxygen atoms in total. The Bertz CT molecular complexity index is 101. The van der Waals surface area contributed by atoms with Gasteiger partial charge in [0, 0.05) is 5.92 Å². The summed E-state index contributed by atoms with van der Waals surface area (Å²) in [5, 5.41) is 0. The van der Waals surface area contributed by atoms with Gasteiger partial charge in [0.1, 0.15) is 0 Å². The molecular formula is C5H9O2P. The van der Waals surface area contributed by atoms with Crippen molar-refractivity contribution in [2.75, 3.05) is 6.16 Å². The van der Waals surface area contributed by atoms with Gasteiger partial charge in [-0.3, -0.25) is 4.79 Å². The summed E-state index contributed by atoms with van der Waals surface area (Å²) in [5.74, 6) is 0.131. The van der Waals surface area contributed by atoms with Crippen molar-refractivity contribution in [2.45, 2.75) is 13.3 Å². The lowest BCUT2D eigenvalue weighted by molar-refractivity contribution is -0.114. The Hall–Kier alpha value is 0.0600. The smallest absolute Gasteiger partial charge is 0.184 e. The number of rotatable bonds is 0. The van der Waals surface area contributed by atoms with Crippen molar-refractivity contribution in [3.05, 3.63) is 0 Å². The summed E-state index contributed by atoms with van der Waals surface area (Å²) in [4.78, 5) is 19.6. The fourth-order valence-electron chi connectivity index (χ4n) is 0.804. The predicted octanol–water partition coefficient (Wildman–Crippen LogP) is 0.942. The Kier molecular flexibility index (Phi) is 1.64. The first kappa shape index (κ1) is 6.18. The molecule has 1 aliphatic rings. The van der Waals surface area contributed by atoms with E-state index in [0.717, 1.165) is 12.6 Å². The molecule has 2 unspecified atom stereocenters. The molecule has 3 heteroatoms. The van der Waals surface area contributed by atoms with Crippen molar-refractivity contribution < 1.29 is 9.69 Å². The Morgan fingerprint density at radius 2 is 2.50 bits per heavy atom. The summed E-state index contributed by atoms with van der Waals surface area (Å²) in [6.07, 6.45) is 1.62. The fourth-order valence-corrected chi connectivity index (χ4v) is 2.29.